The number of nitrogens with zero attached hydrogens (tertiary/aromatic N) is 4. The van der Waals surface area contributed by atoms with Gasteiger partial charge in [0.15, 0.2) is 0 Å². The van der Waals surface area contributed by atoms with E-state index < -0.39 is 6.16 Å². The van der Waals surface area contributed by atoms with Crippen molar-refractivity contribution >= 4 is 23.7 Å². The van der Waals surface area contributed by atoms with E-state index in [9.17, 15) is 4.79 Å². The van der Waals surface area contributed by atoms with Crippen molar-refractivity contribution in [2.75, 3.05) is 74.3 Å². The first-order chi connectivity index (χ1) is 17.6. The molecule has 1 aromatic carbocycles. The van der Waals surface area contributed by atoms with Crippen LogP contribution in [-0.4, -0.2) is 75.3 Å². The second-order valence-electron chi connectivity index (χ2n) is 9.00. The fourth-order valence-electron chi connectivity index (χ4n) is 4.89. The number of aromatic nitrogens is 2. The number of morpholine rings is 2. The van der Waals surface area contributed by atoms with Crippen LogP contribution < -0.4 is 15.1 Å². The number of ether oxygens (including phenoxy) is 4. The standard InChI is InChI=1S/C26H33N5O5/c1-4-35-26(32)36-22-18(3)27-23-21(20(22)19-8-6-5-7-17(19)2)24(30-9-13-33-14-10-30)29-25(28-23)31-11-15-34-16-12-31/h5-8,20H,4,9-16H2,1-3H3,(H,27,28,29). The lowest BCUT2D eigenvalue weighted by molar-refractivity contribution is 0.0777. The zero-order chi connectivity index (χ0) is 25.1. The number of hydrogen-bond donors (Lipinski definition) is 1. The first-order valence-electron chi connectivity index (χ1n) is 12.5. The summed E-state index contributed by atoms with van der Waals surface area (Å²) in [6, 6.07) is 8.13. The molecule has 3 aliphatic heterocycles. The molecule has 0 amide bonds. The average Bonchev–Trinajstić information content (AvgIpc) is 2.90. The molecule has 1 N–H and O–H groups in total. The molecule has 0 spiro atoms. The molecule has 2 fully saturated rings. The van der Waals surface area contributed by atoms with Crippen LogP contribution in [0.4, 0.5) is 22.4 Å². The van der Waals surface area contributed by atoms with Crippen LogP contribution in [0.5, 0.6) is 0 Å². The summed E-state index contributed by atoms with van der Waals surface area (Å²) in [5.74, 6) is 2.31. The highest BCUT2D eigenvalue weighted by Gasteiger charge is 2.38. The second kappa shape index (κ2) is 10.7. The summed E-state index contributed by atoms with van der Waals surface area (Å²) >= 11 is 0. The van der Waals surface area contributed by atoms with Crippen LogP contribution in [0.2, 0.25) is 0 Å². The molecule has 1 atom stereocenters. The Kier molecular flexibility index (Phi) is 7.24. The predicted molar refractivity (Wildman–Crippen MR) is 136 cm³/mol. The van der Waals surface area contributed by atoms with Crippen molar-refractivity contribution in [1.82, 2.24) is 9.97 Å². The fourth-order valence-corrected chi connectivity index (χ4v) is 4.89. The van der Waals surface area contributed by atoms with Gasteiger partial charge in [0, 0.05) is 26.2 Å². The van der Waals surface area contributed by atoms with Crippen LogP contribution in [0, 0.1) is 6.92 Å². The van der Waals surface area contributed by atoms with E-state index in [4.69, 9.17) is 28.9 Å². The average molecular weight is 496 g/mol. The summed E-state index contributed by atoms with van der Waals surface area (Å²) in [6.45, 7) is 11.4. The normalized spacial score (nSPS) is 20.0. The van der Waals surface area contributed by atoms with Gasteiger partial charge in [0.1, 0.15) is 17.4 Å². The highest BCUT2D eigenvalue weighted by Crippen LogP contribution is 2.47. The molecule has 2 aromatic rings. The fraction of sp³-hybridized carbons (Fsp3) is 0.500. The minimum absolute atomic E-state index is 0.231. The zero-order valence-corrected chi connectivity index (χ0v) is 21.1. The molecule has 0 radical (unpaired) electrons. The van der Waals surface area contributed by atoms with E-state index in [-0.39, 0.29) is 12.5 Å². The molecule has 0 bridgehead atoms. The highest BCUT2D eigenvalue weighted by molar-refractivity contribution is 5.73. The Morgan fingerprint density at radius 1 is 1.03 bits per heavy atom. The number of allylic oxidation sites excluding steroid dienone is 2. The quantitative estimate of drug-likeness (QED) is 0.621. The lowest BCUT2D eigenvalue weighted by atomic mass is 9.84. The van der Waals surface area contributed by atoms with Crippen molar-refractivity contribution < 1.29 is 23.7 Å². The number of rotatable bonds is 5. The van der Waals surface area contributed by atoms with Crippen molar-refractivity contribution in [1.29, 1.82) is 0 Å². The van der Waals surface area contributed by atoms with Crippen LogP contribution in [0.3, 0.4) is 0 Å². The van der Waals surface area contributed by atoms with E-state index in [0.29, 0.717) is 56.9 Å². The number of nitrogens with one attached hydrogen (secondary N) is 1. The number of carbonyl (C=O) groups excluding carboxylic acids is 1. The van der Waals surface area contributed by atoms with E-state index in [1.165, 1.54) is 0 Å². The van der Waals surface area contributed by atoms with Gasteiger partial charge < -0.3 is 34.1 Å². The molecule has 0 aliphatic carbocycles. The van der Waals surface area contributed by atoms with Crippen LogP contribution in [0.15, 0.2) is 35.7 Å². The maximum absolute atomic E-state index is 12.5. The zero-order valence-electron chi connectivity index (χ0n) is 21.1. The lowest BCUT2D eigenvalue weighted by Crippen LogP contribution is -2.41. The van der Waals surface area contributed by atoms with E-state index in [1.54, 1.807) is 6.92 Å². The minimum Gasteiger partial charge on any atom is -0.434 e. The van der Waals surface area contributed by atoms with Gasteiger partial charge in [0.05, 0.1) is 50.2 Å². The molecule has 3 aliphatic rings. The minimum atomic E-state index is -0.727. The molecule has 2 saturated heterocycles. The molecule has 1 unspecified atom stereocenters. The maximum Gasteiger partial charge on any atom is 0.513 e. The highest BCUT2D eigenvalue weighted by atomic mass is 16.7. The van der Waals surface area contributed by atoms with Crippen LogP contribution in [0.25, 0.3) is 0 Å². The van der Waals surface area contributed by atoms with Crippen molar-refractivity contribution in [3.8, 4) is 0 Å². The molecule has 4 heterocycles. The van der Waals surface area contributed by atoms with Crippen LogP contribution in [-0.2, 0) is 18.9 Å². The smallest absolute Gasteiger partial charge is 0.434 e. The van der Waals surface area contributed by atoms with E-state index >= 15 is 0 Å². The third-order valence-corrected chi connectivity index (χ3v) is 6.70. The van der Waals surface area contributed by atoms with E-state index in [1.807, 2.05) is 19.1 Å². The number of hydrogen-bond acceptors (Lipinski definition) is 10. The third kappa shape index (κ3) is 4.83. The van der Waals surface area contributed by atoms with Gasteiger partial charge in [-0.1, -0.05) is 24.3 Å². The Morgan fingerprint density at radius 3 is 2.36 bits per heavy atom. The number of anilines is 3. The Labute approximate surface area is 211 Å². The van der Waals surface area contributed by atoms with Gasteiger partial charge in [-0.15, -0.1) is 0 Å². The van der Waals surface area contributed by atoms with Gasteiger partial charge in [-0.2, -0.15) is 9.97 Å². The summed E-state index contributed by atoms with van der Waals surface area (Å²) in [7, 11) is 0. The summed E-state index contributed by atoms with van der Waals surface area (Å²) in [4.78, 5) is 27.0. The van der Waals surface area contributed by atoms with Crippen molar-refractivity contribution in [2.45, 2.75) is 26.7 Å². The third-order valence-electron chi connectivity index (χ3n) is 6.70. The lowest BCUT2D eigenvalue weighted by Gasteiger charge is -2.37. The molecule has 5 rings (SSSR count). The summed E-state index contributed by atoms with van der Waals surface area (Å²) < 4.78 is 22.2. The molecule has 0 saturated carbocycles. The monoisotopic (exact) mass is 495 g/mol. The van der Waals surface area contributed by atoms with Gasteiger partial charge in [0.25, 0.3) is 0 Å². The van der Waals surface area contributed by atoms with Crippen molar-refractivity contribution in [2.24, 2.45) is 0 Å². The van der Waals surface area contributed by atoms with Gasteiger partial charge in [-0.25, -0.2) is 4.79 Å². The number of fused-ring (bicyclic) bond motifs is 1. The number of aryl methyl sites for hydroxylation is 1. The van der Waals surface area contributed by atoms with Crippen molar-refractivity contribution in [3.05, 3.63) is 52.4 Å². The topological polar surface area (TPSA) is 98.3 Å². The number of benzene rings is 1. The molecule has 1 aromatic heterocycles. The number of carbonyl (C=O) groups is 1. The Morgan fingerprint density at radius 2 is 1.69 bits per heavy atom. The summed E-state index contributed by atoms with van der Waals surface area (Å²) in [6.07, 6.45) is -0.727. The maximum atomic E-state index is 12.5. The molecular formula is C26H33N5O5. The Balaban J connectivity index is 1.69. The first kappa shape index (κ1) is 24.3. The molecule has 10 heteroatoms. The van der Waals surface area contributed by atoms with Gasteiger partial charge in [-0.05, 0) is 31.9 Å². The predicted octanol–water partition coefficient (Wildman–Crippen LogP) is 3.42. The molecule has 10 nitrogen and oxygen atoms in total. The van der Waals surface area contributed by atoms with Crippen LogP contribution >= 0.6 is 0 Å². The summed E-state index contributed by atoms with van der Waals surface area (Å²) in [5, 5.41) is 3.42. The van der Waals surface area contributed by atoms with Gasteiger partial charge >= 0.3 is 6.16 Å². The van der Waals surface area contributed by atoms with Gasteiger partial charge in [0.2, 0.25) is 5.95 Å². The van der Waals surface area contributed by atoms with Gasteiger partial charge in [-0.3, -0.25) is 0 Å². The second-order valence-corrected chi connectivity index (χ2v) is 9.00. The van der Waals surface area contributed by atoms with Crippen LogP contribution in [0.1, 0.15) is 36.5 Å². The first-order valence-corrected chi connectivity index (χ1v) is 12.5. The summed E-state index contributed by atoms with van der Waals surface area (Å²) in [5.41, 5.74) is 3.70. The molecule has 36 heavy (non-hydrogen) atoms. The molecular weight excluding hydrogens is 462 g/mol. The van der Waals surface area contributed by atoms with E-state index in [0.717, 1.165) is 41.4 Å². The molecule has 192 valence electrons. The van der Waals surface area contributed by atoms with Crippen molar-refractivity contribution in [3.63, 3.8) is 0 Å². The Hall–Kier alpha value is -3.37. The van der Waals surface area contributed by atoms with E-state index in [2.05, 4.69) is 34.2 Å². The SMILES string of the molecule is CCOC(=O)OC1=C(C)Nc2nc(N3CCOCC3)nc(N3CCOCC3)c2C1c1ccccc1C. The largest absolute Gasteiger partial charge is 0.513 e. The Bertz CT molecular complexity index is 1140.